The van der Waals surface area contributed by atoms with Crippen molar-refractivity contribution >= 4 is 33.0 Å². The first-order valence-corrected chi connectivity index (χ1v) is 10.3. The lowest BCUT2D eigenvalue weighted by Crippen LogP contribution is -2.18. The Hall–Kier alpha value is -2.63. The van der Waals surface area contributed by atoms with Crippen LogP contribution in [0.1, 0.15) is 24.0 Å². The molecule has 0 amide bonds. The predicted molar refractivity (Wildman–Crippen MR) is 119 cm³/mol. The number of benzene rings is 2. The summed E-state index contributed by atoms with van der Waals surface area (Å²) in [5.74, 6) is 0.658. The number of phenolic OH excluding ortho intramolecular Hbond substituents is 1. The number of nitrogens with one attached hydrogen (secondary N) is 1. The monoisotopic (exact) mass is 392 g/mol. The summed E-state index contributed by atoms with van der Waals surface area (Å²) in [5, 5.41) is 17.1. The highest BCUT2D eigenvalue weighted by Gasteiger charge is 2.17. The number of thiophene rings is 1. The first kappa shape index (κ1) is 18.7. The van der Waals surface area contributed by atoms with E-state index in [1.54, 1.807) is 6.07 Å². The zero-order valence-electron chi connectivity index (χ0n) is 16.5. The molecule has 0 aliphatic carbocycles. The molecule has 1 unspecified atom stereocenters. The smallest absolute Gasteiger partial charge is 0.257 e. The number of fused-ring (bicyclic) bond motifs is 3. The van der Waals surface area contributed by atoms with Gasteiger partial charge in [-0.05, 0) is 55.1 Å². The molecule has 4 aromatic rings. The molecule has 0 radical (unpaired) electrons. The minimum atomic E-state index is -0.0867. The molecule has 144 valence electrons. The molecule has 0 fully saturated rings. The molecule has 0 saturated heterocycles. The number of hydrogen-bond donors (Lipinski definition) is 2. The largest absolute Gasteiger partial charge is 0.507 e. The average Bonchev–Trinajstić information content (AvgIpc) is 3.13. The van der Waals surface area contributed by atoms with E-state index in [-0.39, 0.29) is 11.3 Å². The Kier molecular flexibility index (Phi) is 4.73. The van der Waals surface area contributed by atoms with E-state index in [0.717, 1.165) is 39.5 Å². The Morgan fingerprint density at radius 2 is 1.82 bits per heavy atom. The lowest BCUT2D eigenvalue weighted by molar-refractivity contribution is 0.383. The van der Waals surface area contributed by atoms with Gasteiger partial charge in [0.05, 0.1) is 10.9 Å². The number of likely N-dealkylation sites (N-methyl/N-ethyl adjacent to an activating group) is 1. The maximum atomic E-state index is 12.4. The third-order valence-corrected chi connectivity index (χ3v) is 6.07. The standard InChI is InChI=1S/C23H24N2O2S/c1-13-9-19(26)20(16-7-5-15(6-8-16)14(2)10-25(3)4)21-17-11-28-12-18(17)23(27)24-22(13)21/h5-9,11-12,14,26H,10H2,1-4H3,(H,24,27). The number of pyridine rings is 1. The summed E-state index contributed by atoms with van der Waals surface area (Å²) >= 11 is 1.50. The molecule has 2 aromatic carbocycles. The van der Waals surface area contributed by atoms with Crippen LogP contribution >= 0.6 is 11.3 Å². The molecular weight excluding hydrogens is 368 g/mol. The number of hydrogen-bond acceptors (Lipinski definition) is 4. The van der Waals surface area contributed by atoms with Gasteiger partial charge >= 0.3 is 0 Å². The number of aromatic amines is 1. The number of rotatable bonds is 4. The Bertz CT molecular complexity index is 1220. The Balaban J connectivity index is 1.94. The molecule has 0 spiro atoms. The van der Waals surface area contributed by atoms with E-state index in [1.165, 1.54) is 16.9 Å². The first-order valence-electron chi connectivity index (χ1n) is 9.36. The van der Waals surface area contributed by atoms with Crippen LogP contribution in [0.3, 0.4) is 0 Å². The van der Waals surface area contributed by atoms with Crippen LogP contribution in [0, 0.1) is 6.92 Å². The average molecular weight is 393 g/mol. The van der Waals surface area contributed by atoms with Crippen molar-refractivity contribution in [1.82, 2.24) is 9.88 Å². The van der Waals surface area contributed by atoms with Crippen molar-refractivity contribution in [3.05, 3.63) is 62.6 Å². The molecule has 0 aliphatic rings. The van der Waals surface area contributed by atoms with Gasteiger partial charge < -0.3 is 15.0 Å². The molecule has 1 atom stereocenters. The molecule has 0 saturated carbocycles. The van der Waals surface area contributed by atoms with Gasteiger partial charge in [0.1, 0.15) is 5.75 Å². The number of aryl methyl sites for hydroxylation is 1. The van der Waals surface area contributed by atoms with Gasteiger partial charge in [-0.15, -0.1) is 0 Å². The van der Waals surface area contributed by atoms with Crippen LogP contribution in [0.2, 0.25) is 0 Å². The van der Waals surface area contributed by atoms with Gasteiger partial charge in [-0.1, -0.05) is 31.2 Å². The van der Waals surface area contributed by atoms with Crippen LogP contribution in [0.4, 0.5) is 0 Å². The molecule has 2 aromatic heterocycles. The van der Waals surface area contributed by atoms with E-state index in [9.17, 15) is 9.90 Å². The molecule has 5 heteroatoms. The predicted octanol–water partition coefficient (Wildman–Crippen LogP) is 5.09. The van der Waals surface area contributed by atoms with E-state index in [1.807, 2.05) is 17.7 Å². The van der Waals surface area contributed by atoms with Crippen LogP contribution < -0.4 is 5.56 Å². The normalized spacial score (nSPS) is 12.9. The van der Waals surface area contributed by atoms with Gasteiger partial charge in [0.15, 0.2) is 0 Å². The van der Waals surface area contributed by atoms with Gasteiger partial charge in [-0.2, -0.15) is 11.3 Å². The number of H-pyrrole nitrogens is 1. The lowest BCUT2D eigenvalue weighted by atomic mass is 9.92. The number of phenols is 1. The van der Waals surface area contributed by atoms with Gasteiger partial charge in [-0.3, -0.25) is 4.79 Å². The quantitative estimate of drug-likeness (QED) is 0.509. The highest BCUT2D eigenvalue weighted by atomic mass is 32.1. The number of aromatic nitrogens is 1. The zero-order chi connectivity index (χ0) is 20.0. The van der Waals surface area contributed by atoms with Crippen molar-refractivity contribution in [2.24, 2.45) is 0 Å². The van der Waals surface area contributed by atoms with Crippen LogP contribution in [0.5, 0.6) is 5.75 Å². The van der Waals surface area contributed by atoms with Crippen LogP contribution in [-0.2, 0) is 0 Å². The molecule has 0 aliphatic heterocycles. The summed E-state index contributed by atoms with van der Waals surface area (Å²) in [6, 6.07) is 10.1. The summed E-state index contributed by atoms with van der Waals surface area (Å²) in [5.41, 5.74) is 4.54. The summed E-state index contributed by atoms with van der Waals surface area (Å²) in [4.78, 5) is 17.6. The highest BCUT2D eigenvalue weighted by molar-refractivity contribution is 7.09. The SMILES string of the molecule is Cc1cc(O)c(-c2ccc(C(C)CN(C)C)cc2)c2c1[nH]c(=O)c1cscc12. The maximum Gasteiger partial charge on any atom is 0.257 e. The van der Waals surface area contributed by atoms with Crippen LogP contribution in [-0.4, -0.2) is 35.6 Å². The highest BCUT2D eigenvalue weighted by Crippen LogP contribution is 2.41. The molecule has 28 heavy (non-hydrogen) atoms. The van der Waals surface area contributed by atoms with Gasteiger partial charge in [0.2, 0.25) is 0 Å². The van der Waals surface area contributed by atoms with Crippen molar-refractivity contribution in [3.8, 4) is 16.9 Å². The Labute approximate surface area is 168 Å². The van der Waals surface area contributed by atoms with E-state index < -0.39 is 0 Å². The lowest BCUT2D eigenvalue weighted by Gasteiger charge is -2.18. The minimum absolute atomic E-state index is 0.0867. The van der Waals surface area contributed by atoms with E-state index >= 15 is 0 Å². The second kappa shape index (κ2) is 7.08. The minimum Gasteiger partial charge on any atom is -0.507 e. The van der Waals surface area contributed by atoms with Crippen LogP contribution in [0.15, 0.2) is 45.9 Å². The van der Waals surface area contributed by atoms with Gasteiger partial charge in [0, 0.05) is 28.3 Å². The topological polar surface area (TPSA) is 56.3 Å². The van der Waals surface area contributed by atoms with E-state index in [0.29, 0.717) is 11.3 Å². The Morgan fingerprint density at radius 1 is 1.14 bits per heavy atom. The summed E-state index contributed by atoms with van der Waals surface area (Å²) in [6.07, 6.45) is 0. The zero-order valence-corrected chi connectivity index (χ0v) is 17.4. The molecule has 4 rings (SSSR count). The number of aromatic hydroxyl groups is 1. The van der Waals surface area contributed by atoms with Crippen molar-refractivity contribution in [1.29, 1.82) is 0 Å². The second-order valence-electron chi connectivity index (χ2n) is 7.78. The molecule has 4 nitrogen and oxygen atoms in total. The fourth-order valence-electron chi connectivity index (χ4n) is 4.00. The maximum absolute atomic E-state index is 12.4. The third-order valence-electron chi connectivity index (χ3n) is 5.33. The van der Waals surface area contributed by atoms with Gasteiger partial charge in [-0.25, -0.2) is 0 Å². The molecule has 2 N–H and O–H groups in total. The molecular formula is C23H24N2O2S. The fraction of sp³-hybridized carbons (Fsp3) is 0.261. The molecule has 2 heterocycles. The van der Waals surface area contributed by atoms with Gasteiger partial charge in [0.25, 0.3) is 5.56 Å². The first-order chi connectivity index (χ1) is 13.4. The Morgan fingerprint density at radius 3 is 2.50 bits per heavy atom. The van der Waals surface area contributed by atoms with Crippen molar-refractivity contribution in [2.45, 2.75) is 19.8 Å². The summed E-state index contributed by atoms with van der Waals surface area (Å²) < 4.78 is 0. The van der Waals surface area contributed by atoms with Crippen molar-refractivity contribution in [3.63, 3.8) is 0 Å². The van der Waals surface area contributed by atoms with E-state index in [4.69, 9.17) is 0 Å². The fourth-order valence-corrected chi connectivity index (χ4v) is 4.82. The third kappa shape index (κ3) is 3.11. The summed E-state index contributed by atoms with van der Waals surface area (Å²) in [7, 11) is 4.16. The van der Waals surface area contributed by atoms with Crippen LogP contribution in [0.25, 0.3) is 32.8 Å². The van der Waals surface area contributed by atoms with Crippen molar-refractivity contribution < 1.29 is 5.11 Å². The van der Waals surface area contributed by atoms with Crippen molar-refractivity contribution in [2.75, 3.05) is 20.6 Å². The molecule has 0 bridgehead atoms. The summed E-state index contributed by atoms with van der Waals surface area (Å²) in [6.45, 7) is 5.11. The van der Waals surface area contributed by atoms with E-state index in [2.05, 4.69) is 55.2 Å². The number of nitrogens with zero attached hydrogens (tertiary/aromatic N) is 1. The second-order valence-corrected chi connectivity index (χ2v) is 8.52.